The number of nitrogens with zero attached hydrogens (tertiary/aromatic N) is 1. The fourth-order valence-corrected chi connectivity index (χ4v) is 2.56. The predicted octanol–water partition coefficient (Wildman–Crippen LogP) is -0.550. The monoisotopic (exact) mass is 378 g/mol. The Morgan fingerprint density at radius 2 is 1.81 bits per heavy atom. The lowest BCUT2D eigenvalue weighted by atomic mass is 10.1. The van der Waals surface area contributed by atoms with Crippen LogP contribution in [0.1, 0.15) is 10.4 Å². The number of rotatable bonds is 8. The first-order valence-electron chi connectivity index (χ1n) is 8.87. The number of amides is 3. The summed E-state index contributed by atoms with van der Waals surface area (Å²) in [6, 6.07) is 6.51. The van der Waals surface area contributed by atoms with E-state index >= 15 is 0 Å². The number of methoxy groups -OCH3 is 1. The summed E-state index contributed by atoms with van der Waals surface area (Å²) in [6.07, 6.45) is 0. The second-order valence-electron chi connectivity index (χ2n) is 5.96. The predicted molar refractivity (Wildman–Crippen MR) is 99.5 cm³/mol. The standard InChI is InChI=1S/C18H26N4O5/c1-26-11-7-20-16(23)14-4-2-3-5-15(14)21-18(25)17(24)19-6-8-22-9-12-27-13-10-22/h2-5H,6-13H2,1H3,(H,19,24)(H,20,23)(H,21,25). The van der Waals surface area contributed by atoms with Crippen LogP contribution in [0, 0.1) is 0 Å². The van der Waals surface area contributed by atoms with Crippen molar-refractivity contribution >= 4 is 23.4 Å². The van der Waals surface area contributed by atoms with Crippen molar-refractivity contribution in [2.75, 3.05) is 65.0 Å². The van der Waals surface area contributed by atoms with Gasteiger partial charge in [0, 0.05) is 39.8 Å². The number of carbonyl (C=O) groups is 3. The molecule has 1 aromatic rings. The number of hydrogen-bond donors (Lipinski definition) is 3. The average Bonchev–Trinajstić information content (AvgIpc) is 2.69. The minimum Gasteiger partial charge on any atom is -0.383 e. The molecule has 9 heteroatoms. The van der Waals surface area contributed by atoms with Crippen LogP contribution in [0.2, 0.25) is 0 Å². The van der Waals surface area contributed by atoms with Crippen molar-refractivity contribution in [3.05, 3.63) is 29.8 Å². The quantitative estimate of drug-likeness (QED) is 0.414. The molecule has 0 atom stereocenters. The summed E-state index contributed by atoms with van der Waals surface area (Å²) >= 11 is 0. The number of anilines is 1. The molecular formula is C18H26N4O5. The second kappa shape index (κ2) is 11.3. The summed E-state index contributed by atoms with van der Waals surface area (Å²) in [4.78, 5) is 38.5. The molecule has 1 fully saturated rings. The number of morpholine rings is 1. The Labute approximate surface area is 158 Å². The Kier molecular flexibility index (Phi) is 8.69. The number of nitrogens with one attached hydrogen (secondary N) is 3. The van der Waals surface area contributed by atoms with E-state index in [1.165, 1.54) is 7.11 Å². The summed E-state index contributed by atoms with van der Waals surface area (Å²) in [5.41, 5.74) is 0.559. The van der Waals surface area contributed by atoms with Crippen LogP contribution in [0.15, 0.2) is 24.3 Å². The van der Waals surface area contributed by atoms with Gasteiger partial charge in [0.1, 0.15) is 0 Å². The zero-order chi connectivity index (χ0) is 19.5. The zero-order valence-corrected chi connectivity index (χ0v) is 15.5. The lowest BCUT2D eigenvalue weighted by molar-refractivity contribution is -0.136. The maximum absolute atomic E-state index is 12.2. The van der Waals surface area contributed by atoms with Gasteiger partial charge < -0.3 is 25.4 Å². The normalized spacial score (nSPS) is 14.4. The molecule has 9 nitrogen and oxygen atoms in total. The minimum atomic E-state index is -0.811. The van der Waals surface area contributed by atoms with E-state index in [-0.39, 0.29) is 17.2 Å². The molecule has 1 aliphatic rings. The van der Waals surface area contributed by atoms with E-state index in [1.807, 2.05) is 0 Å². The highest BCUT2D eigenvalue weighted by Gasteiger charge is 2.18. The Balaban J connectivity index is 1.83. The van der Waals surface area contributed by atoms with Gasteiger partial charge in [0.15, 0.2) is 0 Å². The van der Waals surface area contributed by atoms with E-state index in [9.17, 15) is 14.4 Å². The fraction of sp³-hybridized carbons (Fsp3) is 0.500. The number of ether oxygens (including phenoxy) is 2. The van der Waals surface area contributed by atoms with E-state index in [0.717, 1.165) is 13.1 Å². The van der Waals surface area contributed by atoms with Crippen LogP contribution < -0.4 is 16.0 Å². The van der Waals surface area contributed by atoms with Crippen molar-refractivity contribution in [3.8, 4) is 0 Å². The third kappa shape index (κ3) is 6.97. The molecule has 1 heterocycles. The summed E-state index contributed by atoms with van der Waals surface area (Å²) in [5.74, 6) is -1.90. The SMILES string of the molecule is COCCNC(=O)c1ccccc1NC(=O)C(=O)NCCN1CCOCC1. The molecule has 1 saturated heterocycles. The lowest BCUT2D eigenvalue weighted by Crippen LogP contribution is -2.43. The maximum Gasteiger partial charge on any atom is 0.313 e. The molecular weight excluding hydrogens is 352 g/mol. The molecule has 0 saturated carbocycles. The van der Waals surface area contributed by atoms with E-state index in [0.29, 0.717) is 39.5 Å². The van der Waals surface area contributed by atoms with Crippen LogP contribution in [0.3, 0.4) is 0 Å². The molecule has 2 rings (SSSR count). The van der Waals surface area contributed by atoms with E-state index in [4.69, 9.17) is 9.47 Å². The highest BCUT2D eigenvalue weighted by molar-refractivity contribution is 6.40. The topological polar surface area (TPSA) is 109 Å². The van der Waals surface area contributed by atoms with Crippen LogP contribution in [-0.2, 0) is 19.1 Å². The smallest absolute Gasteiger partial charge is 0.313 e. The van der Waals surface area contributed by atoms with Gasteiger partial charge in [0.25, 0.3) is 5.91 Å². The molecule has 0 bridgehead atoms. The minimum absolute atomic E-state index is 0.278. The summed E-state index contributed by atoms with van der Waals surface area (Å²) in [7, 11) is 1.54. The largest absolute Gasteiger partial charge is 0.383 e. The first-order chi connectivity index (χ1) is 13.1. The average molecular weight is 378 g/mol. The van der Waals surface area contributed by atoms with Crippen molar-refractivity contribution in [2.45, 2.75) is 0 Å². The summed E-state index contributed by atoms with van der Waals surface area (Å²) < 4.78 is 10.1. The molecule has 1 aliphatic heterocycles. The number of carbonyl (C=O) groups excluding carboxylic acids is 3. The van der Waals surface area contributed by atoms with Crippen molar-refractivity contribution < 1.29 is 23.9 Å². The Hall–Kier alpha value is -2.49. The van der Waals surface area contributed by atoms with Crippen LogP contribution >= 0.6 is 0 Å². The van der Waals surface area contributed by atoms with Crippen LogP contribution in [0.25, 0.3) is 0 Å². The van der Waals surface area contributed by atoms with Crippen molar-refractivity contribution in [2.24, 2.45) is 0 Å². The first kappa shape index (κ1) is 20.8. The molecule has 3 N–H and O–H groups in total. The molecule has 27 heavy (non-hydrogen) atoms. The molecule has 0 aliphatic carbocycles. The number of para-hydroxylation sites is 1. The van der Waals surface area contributed by atoms with E-state index in [1.54, 1.807) is 24.3 Å². The van der Waals surface area contributed by atoms with Gasteiger partial charge in [0.05, 0.1) is 31.1 Å². The van der Waals surface area contributed by atoms with Gasteiger partial charge in [-0.05, 0) is 12.1 Å². The Morgan fingerprint density at radius 3 is 2.56 bits per heavy atom. The van der Waals surface area contributed by atoms with Crippen LogP contribution in [0.5, 0.6) is 0 Å². The maximum atomic E-state index is 12.2. The third-order valence-electron chi connectivity index (χ3n) is 4.04. The van der Waals surface area contributed by atoms with Gasteiger partial charge in [-0.3, -0.25) is 19.3 Å². The Bertz CT molecular complexity index is 646. The summed E-state index contributed by atoms with van der Waals surface area (Å²) in [5, 5.41) is 7.77. The van der Waals surface area contributed by atoms with Crippen molar-refractivity contribution in [1.82, 2.24) is 15.5 Å². The van der Waals surface area contributed by atoms with Gasteiger partial charge in [-0.25, -0.2) is 0 Å². The van der Waals surface area contributed by atoms with Gasteiger partial charge in [0.2, 0.25) is 0 Å². The molecule has 0 unspecified atom stereocenters. The fourth-order valence-electron chi connectivity index (χ4n) is 2.56. The number of benzene rings is 1. The zero-order valence-electron chi connectivity index (χ0n) is 15.5. The van der Waals surface area contributed by atoms with Gasteiger partial charge in [-0.1, -0.05) is 12.1 Å². The molecule has 0 aromatic heterocycles. The van der Waals surface area contributed by atoms with Crippen molar-refractivity contribution in [3.63, 3.8) is 0 Å². The van der Waals surface area contributed by atoms with Crippen molar-refractivity contribution in [1.29, 1.82) is 0 Å². The summed E-state index contributed by atoms with van der Waals surface area (Å²) in [6.45, 7) is 4.73. The van der Waals surface area contributed by atoms with Gasteiger partial charge in [-0.15, -0.1) is 0 Å². The third-order valence-corrected chi connectivity index (χ3v) is 4.04. The van der Waals surface area contributed by atoms with E-state index in [2.05, 4.69) is 20.9 Å². The highest BCUT2D eigenvalue weighted by atomic mass is 16.5. The van der Waals surface area contributed by atoms with Gasteiger partial charge >= 0.3 is 11.8 Å². The molecule has 0 radical (unpaired) electrons. The van der Waals surface area contributed by atoms with Crippen LogP contribution in [-0.4, -0.2) is 82.3 Å². The second-order valence-corrected chi connectivity index (χ2v) is 5.96. The lowest BCUT2D eigenvalue weighted by Gasteiger charge is -2.26. The van der Waals surface area contributed by atoms with Crippen LogP contribution in [0.4, 0.5) is 5.69 Å². The Morgan fingerprint density at radius 1 is 1.07 bits per heavy atom. The molecule has 0 spiro atoms. The molecule has 3 amide bonds. The molecule has 1 aromatic carbocycles. The highest BCUT2D eigenvalue weighted by Crippen LogP contribution is 2.14. The van der Waals surface area contributed by atoms with E-state index < -0.39 is 11.8 Å². The van der Waals surface area contributed by atoms with Gasteiger partial charge in [-0.2, -0.15) is 0 Å². The number of hydrogen-bond acceptors (Lipinski definition) is 6. The molecule has 148 valence electrons. The first-order valence-corrected chi connectivity index (χ1v) is 8.87.